The van der Waals surface area contributed by atoms with Gasteiger partial charge in [-0.2, -0.15) is 4.98 Å². The Bertz CT molecular complexity index is 1920. The zero-order valence-electron chi connectivity index (χ0n) is 20.6. The fourth-order valence-corrected chi connectivity index (χ4v) is 4.88. The Morgan fingerprint density at radius 3 is 1.56 bits per heavy atom. The fourth-order valence-electron chi connectivity index (χ4n) is 4.88. The topological polar surface area (TPSA) is 38.9 Å². The highest BCUT2D eigenvalue weighted by Crippen LogP contribution is 2.31. The molecular weight excluding hydrogens is 490 g/mol. The van der Waals surface area contributed by atoms with Crippen LogP contribution in [0.25, 0.3) is 66.8 Å². The first-order valence-corrected chi connectivity index (χ1v) is 12.5. The number of halogens is 2. The SMILES string of the molecule is Fc1cc(F)cc(-c2ccc(-c3ccc4cc(-c5ccc(-c6nc7ncccc7o6)cc5)ccc4c3)cc2)c1. The molecule has 0 fully saturated rings. The van der Waals surface area contributed by atoms with Gasteiger partial charge < -0.3 is 4.42 Å². The monoisotopic (exact) mass is 510 g/mol. The minimum atomic E-state index is -0.584. The van der Waals surface area contributed by atoms with E-state index in [1.165, 1.54) is 12.1 Å². The van der Waals surface area contributed by atoms with E-state index in [0.717, 1.165) is 50.2 Å². The molecule has 0 bridgehead atoms. The second-order valence-electron chi connectivity index (χ2n) is 9.43. The van der Waals surface area contributed by atoms with Crippen LogP contribution >= 0.6 is 0 Å². The summed E-state index contributed by atoms with van der Waals surface area (Å²) >= 11 is 0. The van der Waals surface area contributed by atoms with E-state index in [2.05, 4.69) is 58.5 Å². The van der Waals surface area contributed by atoms with Crippen LogP contribution in [0.2, 0.25) is 0 Å². The van der Waals surface area contributed by atoms with Crippen LogP contribution in [0.3, 0.4) is 0 Å². The average Bonchev–Trinajstić information content (AvgIpc) is 3.41. The minimum absolute atomic E-state index is 0.518. The molecule has 0 aliphatic carbocycles. The van der Waals surface area contributed by atoms with Crippen LogP contribution in [0.15, 0.2) is 126 Å². The number of benzene rings is 5. The first-order chi connectivity index (χ1) is 19.1. The van der Waals surface area contributed by atoms with Crippen molar-refractivity contribution in [3.63, 3.8) is 0 Å². The van der Waals surface area contributed by atoms with Gasteiger partial charge >= 0.3 is 0 Å². The van der Waals surface area contributed by atoms with E-state index in [1.807, 2.05) is 48.5 Å². The maximum Gasteiger partial charge on any atom is 0.228 e. The molecule has 0 saturated heterocycles. The zero-order valence-corrected chi connectivity index (χ0v) is 20.6. The van der Waals surface area contributed by atoms with Crippen molar-refractivity contribution in [2.24, 2.45) is 0 Å². The number of hydrogen-bond acceptors (Lipinski definition) is 3. The van der Waals surface area contributed by atoms with Crippen LogP contribution in [0.5, 0.6) is 0 Å². The van der Waals surface area contributed by atoms with Gasteiger partial charge in [0.2, 0.25) is 5.89 Å². The molecule has 0 saturated carbocycles. The molecule has 3 nitrogen and oxygen atoms in total. The fraction of sp³-hybridized carbons (Fsp3) is 0. The first kappa shape index (κ1) is 23.0. The molecule has 0 radical (unpaired) electrons. The molecule has 186 valence electrons. The van der Waals surface area contributed by atoms with Crippen LogP contribution in [0.4, 0.5) is 8.78 Å². The van der Waals surface area contributed by atoms with Crippen molar-refractivity contribution >= 4 is 22.0 Å². The van der Waals surface area contributed by atoms with Gasteiger partial charge in [0.05, 0.1) is 0 Å². The van der Waals surface area contributed by atoms with Gasteiger partial charge in [-0.1, -0.05) is 60.7 Å². The summed E-state index contributed by atoms with van der Waals surface area (Å²) in [5.41, 5.74) is 7.78. The number of fused-ring (bicyclic) bond motifs is 2. The molecule has 2 heterocycles. The average molecular weight is 511 g/mol. The van der Waals surface area contributed by atoms with Gasteiger partial charge in [-0.15, -0.1) is 0 Å². The van der Waals surface area contributed by atoms with Gasteiger partial charge in [-0.05, 0) is 92.7 Å². The lowest BCUT2D eigenvalue weighted by molar-refractivity contribution is 0.584. The Hall–Kier alpha value is -5.16. The number of hydrogen-bond donors (Lipinski definition) is 0. The molecule has 0 atom stereocenters. The molecule has 0 amide bonds. The van der Waals surface area contributed by atoms with Crippen molar-refractivity contribution in [2.45, 2.75) is 0 Å². The normalized spacial score (nSPS) is 11.3. The second-order valence-corrected chi connectivity index (χ2v) is 9.43. The van der Waals surface area contributed by atoms with Crippen molar-refractivity contribution in [1.82, 2.24) is 9.97 Å². The molecular formula is C34H20F2N2O. The molecule has 5 heteroatoms. The van der Waals surface area contributed by atoms with E-state index in [0.29, 0.717) is 22.7 Å². The quantitative estimate of drug-likeness (QED) is 0.237. The van der Waals surface area contributed by atoms with E-state index in [9.17, 15) is 8.78 Å². The summed E-state index contributed by atoms with van der Waals surface area (Å²) in [4.78, 5) is 8.72. The van der Waals surface area contributed by atoms with E-state index < -0.39 is 11.6 Å². The van der Waals surface area contributed by atoms with E-state index in [1.54, 1.807) is 6.20 Å². The molecule has 0 spiro atoms. The summed E-state index contributed by atoms with van der Waals surface area (Å²) in [6.07, 6.45) is 1.70. The van der Waals surface area contributed by atoms with Crippen molar-refractivity contribution in [2.75, 3.05) is 0 Å². The lowest BCUT2D eigenvalue weighted by atomic mass is 9.96. The highest BCUT2D eigenvalue weighted by atomic mass is 19.1. The molecule has 5 aromatic carbocycles. The van der Waals surface area contributed by atoms with Crippen LogP contribution in [0, 0.1) is 11.6 Å². The van der Waals surface area contributed by atoms with Crippen molar-refractivity contribution in [3.05, 3.63) is 133 Å². The maximum absolute atomic E-state index is 13.6. The predicted molar refractivity (Wildman–Crippen MR) is 151 cm³/mol. The molecule has 0 aliphatic rings. The highest BCUT2D eigenvalue weighted by Gasteiger charge is 2.10. The Labute approximate surface area is 223 Å². The molecule has 0 unspecified atom stereocenters. The number of pyridine rings is 1. The van der Waals surface area contributed by atoms with Gasteiger partial charge in [0.25, 0.3) is 0 Å². The van der Waals surface area contributed by atoms with Crippen LogP contribution in [-0.2, 0) is 0 Å². The summed E-state index contributed by atoms with van der Waals surface area (Å²) in [6.45, 7) is 0. The van der Waals surface area contributed by atoms with Crippen molar-refractivity contribution in [3.8, 4) is 44.8 Å². The molecule has 2 aromatic heterocycles. The molecule has 7 rings (SSSR count). The van der Waals surface area contributed by atoms with Crippen LogP contribution < -0.4 is 0 Å². The Balaban J connectivity index is 1.14. The number of oxazole rings is 1. The predicted octanol–water partition coefficient (Wildman–Crippen LogP) is 9.32. The lowest BCUT2D eigenvalue weighted by Crippen LogP contribution is -1.85. The first-order valence-electron chi connectivity index (χ1n) is 12.5. The van der Waals surface area contributed by atoms with Gasteiger partial charge in [-0.3, -0.25) is 0 Å². The third-order valence-electron chi connectivity index (χ3n) is 6.88. The number of nitrogens with zero attached hydrogens (tertiary/aromatic N) is 2. The smallest absolute Gasteiger partial charge is 0.228 e. The maximum atomic E-state index is 13.6. The van der Waals surface area contributed by atoms with Crippen molar-refractivity contribution in [1.29, 1.82) is 0 Å². The minimum Gasteiger partial charge on any atom is -0.434 e. The van der Waals surface area contributed by atoms with Gasteiger partial charge in [0, 0.05) is 17.8 Å². The van der Waals surface area contributed by atoms with Crippen molar-refractivity contribution < 1.29 is 13.2 Å². The van der Waals surface area contributed by atoms with Gasteiger partial charge in [-0.25, -0.2) is 13.8 Å². The molecule has 0 aliphatic heterocycles. The Morgan fingerprint density at radius 1 is 0.487 bits per heavy atom. The Morgan fingerprint density at radius 2 is 1.00 bits per heavy atom. The van der Waals surface area contributed by atoms with Crippen LogP contribution in [-0.4, -0.2) is 9.97 Å². The molecule has 39 heavy (non-hydrogen) atoms. The number of aromatic nitrogens is 2. The summed E-state index contributed by atoms with van der Waals surface area (Å²) < 4.78 is 33.1. The summed E-state index contributed by atoms with van der Waals surface area (Å²) in [5, 5.41) is 2.26. The Kier molecular flexibility index (Phi) is 5.48. The third kappa shape index (κ3) is 4.44. The van der Waals surface area contributed by atoms with Crippen LogP contribution in [0.1, 0.15) is 0 Å². The summed E-state index contributed by atoms with van der Waals surface area (Å²) in [6, 6.07) is 35.9. The summed E-state index contributed by atoms with van der Waals surface area (Å²) in [7, 11) is 0. The molecule has 7 aromatic rings. The molecule has 0 N–H and O–H groups in total. The van der Waals surface area contributed by atoms with E-state index >= 15 is 0 Å². The van der Waals surface area contributed by atoms with E-state index in [-0.39, 0.29) is 0 Å². The van der Waals surface area contributed by atoms with E-state index in [4.69, 9.17) is 4.42 Å². The second kappa shape index (κ2) is 9.30. The third-order valence-corrected chi connectivity index (χ3v) is 6.88. The largest absolute Gasteiger partial charge is 0.434 e. The lowest BCUT2D eigenvalue weighted by Gasteiger charge is -2.09. The zero-order chi connectivity index (χ0) is 26.3. The number of rotatable bonds is 4. The summed E-state index contributed by atoms with van der Waals surface area (Å²) in [5.74, 6) is -0.614. The highest BCUT2D eigenvalue weighted by molar-refractivity contribution is 5.91. The standard InChI is InChI=1S/C34H20F2N2O/c35-30-18-29(19-31(36)20-30)23-5-3-21(4-6-23)25-11-13-28-17-26(12-14-27(28)16-25)22-7-9-24(10-8-22)34-38-33-32(39-34)2-1-15-37-33/h1-20H. The van der Waals surface area contributed by atoms with Gasteiger partial charge in [0.1, 0.15) is 11.6 Å². The van der Waals surface area contributed by atoms with Gasteiger partial charge in [0.15, 0.2) is 11.2 Å².